The van der Waals surface area contributed by atoms with Crippen LogP contribution in [0.3, 0.4) is 0 Å². The van der Waals surface area contributed by atoms with Gasteiger partial charge < -0.3 is 15.8 Å². The molecule has 4 nitrogen and oxygen atoms in total. The van der Waals surface area contributed by atoms with Gasteiger partial charge in [-0.25, -0.2) is 0 Å². The normalized spacial score (nSPS) is 24.4. The van der Waals surface area contributed by atoms with Crippen LogP contribution in [-0.2, 0) is 9.53 Å². The van der Waals surface area contributed by atoms with Crippen LogP contribution in [-0.4, -0.2) is 29.7 Å². The van der Waals surface area contributed by atoms with Crippen molar-refractivity contribution < 1.29 is 9.53 Å². The van der Waals surface area contributed by atoms with Crippen molar-refractivity contribution in [3.05, 3.63) is 0 Å². The summed E-state index contributed by atoms with van der Waals surface area (Å²) in [6.07, 6.45) is 3.75. The molecule has 0 aromatic heterocycles. The third-order valence-electron chi connectivity index (χ3n) is 3.70. The van der Waals surface area contributed by atoms with Crippen molar-refractivity contribution >= 4 is 5.91 Å². The van der Waals surface area contributed by atoms with E-state index in [-0.39, 0.29) is 17.6 Å². The smallest absolute Gasteiger partial charge is 0.239 e. The molecule has 1 rings (SSSR count). The molecular weight excluding hydrogens is 216 g/mol. The summed E-state index contributed by atoms with van der Waals surface area (Å²) >= 11 is 0. The maximum Gasteiger partial charge on any atom is 0.239 e. The van der Waals surface area contributed by atoms with Crippen molar-refractivity contribution in [2.45, 2.75) is 70.6 Å². The number of amides is 1. The van der Waals surface area contributed by atoms with Gasteiger partial charge in [0.1, 0.15) is 0 Å². The summed E-state index contributed by atoms with van der Waals surface area (Å²) in [6, 6.07) is 0.193. The average molecular weight is 242 g/mol. The van der Waals surface area contributed by atoms with E-state index in [9.17, 15) is 4.79 Å². The van der Waals surface area contributed by atoms with E-state index in [0.717, 1.165) is 32.3 Å². The fraction of sp³-hybridized carbons (Fsp3) is 0.923. The SMILES string of the molecule is CCC1(CC)CC(NC(=O)C(C)(C)N)CCO1. The van der Waals surface area contributed by atoms with Crippen LogP contribution in [0.5, 0.6) is 0 Å². The van der Waals surface area contributed by atoms with Crippen LogP contribution in [0.1, 0.15) is 53.4 Å². The number of carbonyl (C=O) groups excluding carboxylic acids is 1. The Morgan fingerprint density at radius 2 is 2.06 bits per heavy atom. The van der Waals surface area contributed by atoms with E-state index in [1.165, 1.54) is 0 Å². The molecule has 1 heterocycles. The van der Waals surface area contributed by atoms with Gasteiger partial charge in [0.25, 0.3) is 0 Å². The lowest BCUT2D eigenvalue weighted by atomic mass is 9.85. The van der Waals surface area contributed by atoms with Gasteiger partial charge in [-0.05, 0) is 39.5 Å². The first kappa shape index (κ1) is 14.5. The summed E-state index contributed by atoms with van der Waals surface area (Å²) < 4.78 is 5.88. The van der Waals surface area contributed by atoms with Crippen LogP contribution in [0.2, 0.25) is 0 Å². The number of ether oxygens (including phenoxy) is 1. The van der Waals surface area contributed by atoms with Gasteiger partial charge in [-0.1, -0.05) is 13.8 Å². The van der Waals surface area contributed by atoms with Gasteiger partial charge in [0.05, 0.1) is 11.1 Å². The summed E-state index contributed by atoms with van der Waals surface area (Å²) in [5.74, 6) is -0.0782. The Hall–Kier alpha value is -0.610. The molecular formula is C13H26N2O2. The third-order valence-corrected chi connectivity index (χ3v) is 3.70. The third kappa shape index (κ3) is 3.68. The van der Waals surface area contributed by atoms with Crippen molar-refractivity contribution in [3.8, 4) is 0 Å². The highest BCUT2D eigenvalue weighted by molar-refractivity contribution is 5.85. The highest BCUT2D eigenvalue weighted by atomic mass is 16.5. The van der Waals surface area contributed by atoms with E-state index >= 15 is 0 Å². The first-order valence-corrected chi connectivity index (χ1v) is 6.57. The molecule has 100 valence electrons. The average Bonchev–Trinajstić information content (AvgIpc) is 2.28. The Kier molecular flexibility index (Phi) is 4.55. The Labute approximate surface area is 104 Å². The first-order valence-electron chi connectivity index (χ1n) is 6.57. The van der Waals surface area contributed by atoms with E-state index in [1.807, 2.05) is 0 Å². The van der Waals surface area contributed by atoms with Crippen molar-refractivity contribution in [3.63, 3.8) is 0 Å². The van der Waals surface area contributed by atoms with E-state index in [2.05, 4.69) is 19.2 Å². The van der Waals surface area contributed by atoms with Crippen LogP contribution >= 0.6 is 0 Å². The van der Waals surface area contributed by atoms with Crippen molar-refractivity contribution in [1.82, 2.24) is 5.32 Å². The number of carbonyl (C=O) groups is 1. The second-order valence-electron chi connectivity index (χ2n) is 5.62. The number of hydrogen-bond acceptors (Lipinski definition) is 3. The summed E-state index contributed by atoms with van der Waals surface area (Å²) in [6.45, 7) is 8.46. The largest absolute Gasteiger partial charge is 0.375 e. The molecule has 1 atom stereocenters. The molecule has 0 aromatic rings. The van der Waals surface area contributed by atoms with E-state index < -0.39 is 5.54 Å². The zero-order chi connectivity index (χ0) is 13.1. The lowest BCUT2D eigenvalue weighted by molar-refractivity contribution is -0.130. The highest BCUT2D eigenvalue weighted by Gasteiger charge is 2.36. The lowest BCUT2D eigenvalue weighted by Crippen LogP contribution is -2.55. The molecule has 17 heavy (non-hydrogen) atoms. The van der Waals surface area contributed by atoms with Crippen molar-refractivity contribution in [2.24, 2.45) is 5.73 Å². The van der Waals surface area contributed by atoms with Gasteiger partial charge in [-0.3, -0.25) is 4.79 Å². The molecule has 1 amide bonds. The molecule has 1 saturated heterocycles. The molecule has 4 heteroatoms. The molecule has 1 aliphatic heterocycles. The van der Waals surface area contributed by atoms with E-state index in [1.54, 1.807) is 13.8 Å². The molecule has 3 N–H and O–H groups in total. The Bertz CT molecular complexity index is 267. The monoisotopic (exact) mass is 242 g/mol. The second-order valence-corrected chi connectivity index (χ2v) is 5.62. The quantitative estimate of drug-likeness (QED) is 0.786. The fourth-order valence-electron chi connectivity index (χ4n) is 2.27. The fourth-order valence-corrected chi connectivity index (χ4v) is 2.27. The van der Waals surface area contributed by atoms with Gasteiger partial charge in [0, 0.05) is 12.6 Å². The molecule has 0 saturated carbocycles. The van der Waals surface area contributed by atoms with Gasteiger partial charge in [0.15, 0.2) is 0 Å². The van der Waals surface area contributed by atoms with Gasteiger partial charge >= 0.3 is 0 Å². The molecule has 0 aromatic carbocycles. The Balaban J connectivity index is 2.59. The maximum absolute atomic E-state index is 11.8. The molecule has 1 unspecified atom stereocenters. The minimum absolute atomic E-state index is 0.0606. The maximum atomic E-state index is 11.8. The minimum Gasteiger partial charge on any atom is -0.375 e. The second kappa shape index (κ2) is 5.36. The Morgan fingerprint density at radius 1 is 1.47 bits per heavy atom. The highest BCUT2D eigenvalue weighted by Crippen LogP contribution is 2.31. The predicted molar refractivity (Wildman–Crippen MR) is 68.7 cm³/mol. The van der Waals surface area contributed by atoms with Crippen LogP contribution in [0.25, 0.3) is 0 Å². The number of hydrogen-bond donors (Lipinski definition) is 2. The first-order chi connectivity index (χ1) is 7.83. The molecule has 0 aliphatic carbocycles. The predicted octanol–water partition coefficient (Wildman–Crippen LogP) is 1.58. The number of nitrogens with one attached hydrogen (secondary N) is 1. The summed E-state index contributed by atoms with van der Waals surface area (Å²) in [4.78, 5) is 11.8. The van der Waals surface area contributed by atoms with Gasteiger partial charge in [0.2, 0.25) is 5.91 Å². The molecule has 0 radical (unpaired) electrons. The molecule has 0 spiro atoms. The minimum atomic E-state index is -0.806. The molecule has 0 bridgehead atoms. The van der Waals surface area contributed by atoms with Crippen molar-refractivity contribution in [2.75, 3.05) is 6.61 Å². The van der Waals surface area contributed by atoms with Crippen molar-refractivity contribution in [1.29, 1.82) is 0 Å². The van der Waals surface area contributed by atoms with E-state index in [4.69, 9.17) is 10.5 Å². The van der Waals surface area contributed by atoms with Gasteiger partial charge in [-0.15, -0.1) is 0 Å². The zero-order valence-electron chi connectivity index (χ0n) is 11.5. The topological polar surface area (TPSA) is 64.4 Å². The molecule has 1 aliphatic rings. The van der Waals surface area contributed by atoms with Crippen LogP contribution in [0.4, 0.5) is 0 Å². The van der Waals surface area contributed by atoms with Gasteiger partial charge in [-0.2, -0.15) is 0 Å². The lowest BCUT2D eigenvalue weighted by Gasteiger charge is -2.40. The summed E-state index contributed by atoms with van der Waals surface area (Å²) in [5.41, 5.74) is 4.92. The summed E-state index contributed by atoms with van der Waals surface area (Å²) in [7, 11) is 0. The number of rotatable bonds is 4. The van der Waals surface area contributed by atoms with E-state index in [0.29, 0.717) is 0 Å². The zero-order valence-corrected chi connectivity index (χ0v) is 11.5. The number of nitrogens with two attached hydrogens (primary N) is 1. The van der Waals surface area contributed by atoms with Crippen LogP contribution in [0, 0.1) is 0 Å². The standard InChI is InChI=1S/C13H26N2O2/c1-5-13(6-2)9-10(7-8-17-13)15-11(16)12(3,4)14/h10H,5-9,14H2,1-4H3,(H,15,16). The molecule has 1 fully saturated rings. The van der Waals surface area contributed by atoms with Crippen LogP contribution < -0.4 is 11.1 Å². The Morgan fingerprint density at radius 3 is 2.53 bits per heavy atom. The summed E-state index contributed by atoms with van der Waals surface area (Å²) in [5, 5.41) is 3.04. The van der Waals surface area contributed by atoms with Crippen LogP contribution in [0.15, 0.2) is 0 Å².